The Kier molecular flexibility index (Phi) is 4.95. The summed E-state index contributed by atoms with van der Waals surface area (Å²) in [6.07, 6.45) is 0. The van der Waals surface area contributed by atoms with Crippen LogP contribution in [0.5, 0.6) is 5.75 Å². The number of halogens is 3. The van der Waals surface area contributed by atoms with E-state index in [0.717, 1.165) is 31.3 Å². The minimum Gasteiger partial charge on any atom is -0.495 e. The van der Waals surface area contributed by atoms with Crippen LogP contribution in [0.15, 0.2) is 33.2 Å². The van der Waals surface area contributed by atoms with E-state index in [2.05, 4.69) is 37.2 Å². The molecule has 0 atom stereocenters. The first-order valence-electron chi connectivity index (χ1n) is 5.11. The van der Waals surface area contributed by atoms with Crippen LogP contribution in [-0.4, -0.2) is 7.11 Å². The number of hydrogen-bond donors (Lipinski definition) is 1. The van der Waals surface area contributed by atoms with Gasteiger partial charge < -0.3 is 10.1 Å². The fourth-order valence-corrected chi connectivity index (χ4v) is 3.77. The monoisotopic (exact) mass is 409 g/mol. The number of nitrogens with one attached hydrogen (secondary N) is 1. The van der Waals surface area contributed by atoms with E-state index in [1.54, 1.807) is 18.4 Å². The van der Waals surface area contributed by atoms with E-state index in [4.69, 9.17) is 16.3 Å². The first-order valence-corrected chi connectivity index (χ1v) is 7.89. The van der Waals surface area contributed by atoms with E-state index in [1.807, 2.05) is 24.3 Å². The van der Waals surface area contributed by atoms with Crippen molar-refractivity contribution in [2.45, 2.75) is 6.54 Å². The third kappa shape index (κ3) is 3.41. The van der Waals surface area contributed by atoms with Crippen LogP contribution >= 0.6 is 54.8 Å². The Balaban J connectivity index is 2.13. The second-order valence-corrected chi connectivity index (χ2v) is 7.03. The third-order valence-corrected chi connectivity index (χ3v) is 4.83. The topological polar surface area (TPSA) is 21.3 Å². The van der Waals surface area contributed by atoms with Crippen LogP contribution < -0.4 is 10.1 Å². The van der Waals surface area contributed by atoms with Crippen LogP contribution in [0.4, 0.5) is 5.69 Å². The highest BCUT2D eigenvalue weighted by Gasteiger charge is 2.07. The molecule has 2 aromatic rings. The molecule has 0 saturated carbocycles. The summed E-state index contributed by atoms with van der Waals surface area (Å²) in [6, 6.07) is 7.83. The summed E-state index contributed by atoms with van der Waals surface area (Å²) in [5, 5.41) is 3.35. The van der Waals surface area contributed by atoms with Crippen molar-refractivity contribution in [3.63, 3.8) is 0 Å². The summed E-state index contributed by atoms with van der Waals surface area (Å²) in [4.78, 5) is 1.19. The van der Waals surface area contributed by atoms with Gasteiger partial charge in [-0.1, -0.05) is 11.6 Å². The highest BCUT2D eigenvalue weighted by Crippen LogP contribution is 2.35. The van der Waals surface area contributed by atoms with Crippen LogP contribution in [0.2, 0.25) is 4.34 Å². The lowest BCUT2D eigenvalue weighted by molar-refractivity contribution is 0.412. The zero-order valence-electron chi connectivity index (χ0n) is 9.47. The average Bonchev–Trinajstić information content (AvgIpc) is 2.74. The fourth-order valence-electron chi connectivity index (χ4n) is 1.45. The Hall–Kier alpha value is -0.230. The molecule has 1 aromatic heterocycles. The molecular formula is C12H10Br2ClNOS. The first-order chi connectivity index (χ1) is 8.60. The summed E-state index contributed by atoms with van der Waals surface area (Å²) >= 11 is 14.4. The molecule has 0 radical (unpaired) electrons. The molecule has 0 saturated heterocycles. The number of ether oxygens (including phenoxy) is 1. The summed E-state index contributed by atoms with van der Waals surface area (Å²) in [5.74, 6) is 0.796. The van der Waals surface area contributed by atoms with Gasteiger partial charge in [0, 0.05) is 22.0 Å². The Labute approximate surface area is 132 Å². The standard InChI is InChI=1S/C12H10Br2ClNOS/c1-17-11-5-10(8(13)4-9(11)14)16-6-7-2-3-12(15)18-7/h2-5,16H,6H2,1H3. The Morgan fingerprint density at radius 2 is 2.06 bits per heavy atom. The summed E-state index contributed by atoms with van der Waals surface area (Å²) < 4.78 is 7.98. The maximum absolute atomic E-state index is 5.90. The normalized spacial score (nSPS) is 10.4. The maximum Gasteiger partial charge on any atom is 0.135 e. The molecule has 0 spiro atoms. The quantitative estimate of drug-likeness (QED) is 0.712. The van der Waals surface area contributed by atoms with Gasteiger partial charge in [-0.05, 0) is 50.1 Å². The van der Waals surface area contributed by atoms with E-state index in [1.165, 1.54) is 4.88 Å². The lowest BCUT2D eigenvalue weighted by atomic mass is 10.3. The highest BCUT2D eigenvalue weighted by molar-refractivity contribution is 9.11. The molecule has 0 amide bonds. The molecule has 96 valence electrons. The summed E-state index contributed by atoms with van der Waals surface area (Å²) in [5.41, 5.74) is 0.986. The van der Waals surface area contributed by atoms with E-state index in [-0.39, 0.29) is 0 Å². The van der Waals surface area contributed by atoms with Crippen LogP contribution in [0.1, 0.15) is 4.88 Å². The van der Waals surface area contributed by atoms with E-state index >= 15 is 0 Å². The largest absolute Gasteiger partial charge is 0.495 e. The Morgan fingerprint density at radius 1 is 1.28 bits per heavy atom. The van der Waals surface area contributed by atoms with Crippen LogP contribution in [0.3, 0.4) is 0 Å². The van der Waals surface area contributed by atoms with Gasteiger partial charge in [0.1, 0.15) is 5.75 Å². The predicted molar refractivity (Wildman–Crippen MR) is 85.0 cm³/mol. The van der Waals surface area contributed by atoms with Crippen molar-refractivity contribution in [2.24, 2.45) is 0 Å². The number of hydrogen-bond acceptors (Lipinski definition) is 3. The smallest absolute Gasteiger partial charge is 0.135 e. The van der Waals surface area contributed by atoms with Crippen molar-refractivity contribution >= 4 is 60.5 Å². The minimum absolute atomic E-state index is 0.737. The first kappa shape index (κ1) is 14.2. The zero-order valence-corrected chi connectivity index (χ0v) is 14.2. The minimum atomic E-state index is 0.737. The summed E-state index contributed by atoms with van der Waals surface area (Å²) in [7, 11) is 1.65. The van der Waals surface area contributed by atoms with Gasteiger partial charge in [-0.25, -0.2) is 0 Å². The highest BCUT2D eigenvalue weighted by atomic mass is 79.9. The molecule has 0 aliphatic heterocycles. The molecule has 1 heterocycles. The molecule has 2 rings (SSSR count). The Bertz CT molecular complexity index is 559. The summed E-state index contributed by atoms with van der Waals surface area (Å²) in [6.45, 7) is 0.737. The second-order valence-electron chi connectivity index (χ2n) is 3.53. The van der Waals surface area contributed by atoms with Crippen molar-refractivity contribution in [3.8, 4) is 5.75 Å². The van der Waals surface area contributed by atoms with Gasteiger partial charge in [-0.2, -0.15) is 0 Å². The van der Waals surface area contributed by atoms with Crippen molar-refractivity contribution in [3.05, 3.63) is 42.4 Å². The molecular weight excluding hydrogens is 401 g/mol. The van der Waals surface area contributed by atoms with Gasteiger partial charge >= 0.3 is 0 Å². The van der Waals surface area contributed by atoms with Gasteiger partial charge in [0.25, 0.3) is 0 Å². The molecule has 1 N–H and O–H groups in total. The van der Waals surface area contributed by atoms with E-state index < -0.39 is 0 Å². The average molecular weight is 412 g/mol. The molecule has 18 heavy (non-hydrogen) atoms. The van der Waals surface area contributed by atoms with Crippen LogP contribution in [0, 0.1) is 0 Å². The fraction of sp³-hybridized carbons (Fsp3) is 0.167. The number of thiophene rings is 1. The zero-order chi connectivity index (χ0) is 13.1. The lowest BCUT2D eigenvalue weighted by Gasteiger charge is -2.11. The molecule has 0 unspecified atom stereocenters. The molecule has 0 fully saturated rings. The van der Waals surface area contributed by atoms with Crippen molar-refractivity contribution < 1.29 is 4.74 Å². The molecule has 1 aromatic carbocycles. The number of methoxy groups -OCH3 is 1. The van der Waals surface area contributed by atoms with Gasteiger partial charge in [-0.15, -0.1) is 11.3 Å². The van der Waals surface area contributed by atoms with Crippen LogP contribution in [0.25, 0.3) is 0 Å². The maximum atomic E-state index is 5.90. The molecule has 0 bridgehead atoms. The van der Waals surface area contributed by atoms with E-state index in [0.29, 0.717) is 0 Å². The van der Waals surface area contributed by atoms with Gasteiger partial charge in [0.2, 0.25) is 0 Å². The van der Waals surface area contributed by atoms with Gasteiger partial charge in [-0.3, -0.25) is 0 Å². The van der Waals surface area contributed by atoms with Gasteiger partial charge in [0.05, 0.1) is 21.6 Å². The SMILES string of the molecule is COc1cc(NCc2ccc(Cl)s2)c(Br)cc1Br. The van der Waals surface area contributed by atoms with Crippen molar-refractivity contribution in [2.75, 3.05) is 12.4 Å². The molecule has 6 heteroatoms. The number of anilines is 1. The molecule has 0 aliphatic rings. The van der Waals surface area contributed by atoms with Crippen LogP contribution in [-0.2, 0) is 6.54 Å². The predicted octanol–water partition coefficient (Wildman–Crippen LogP) is 5.55. The number of benzene rings is 1. The van der Waals surface area contributed by atoms with E-state index in [9.17, 15) is 0 Å². The van der Waals surface area contributed by atoms with Crippen molar-refractivity contribution in [1.82, 2.24) is 0 Å². The van der Waals surface area contributed by atoms with Crippen molar-refractivity contribution in [1.29, 1.82) is 0 Å². The molecule has 0 aliphatic carbocycles. The third-order valence-electron chi connectivity index (χ3n) is 2.32. The Morgan fingerprint density at radius 3 is 2.67 bits per heavy atom. The second kappa shape index (κ2) is 6.28. The molecule has 2 nitrogen and oxygen atoms in total. The lowest BCUT2D eigenvalue weighted by Crippen LogP contribution is -1.99. The number of rotatable bonds is 4. The van der Waals surface area contributed by atoms with Gasteiger partial charge in [0.15, 0.2) is 0 Å².